The van der Waals surface area contributed by atoms with Crippen LogP contribution in [0, 0.1) is 0 Å². The summed E-state index contributed by atoms with van der Waals surface area (Å²) in [5, 5.41) is 9.96. The Labute approximate surface area is 161 Å². The highest BCUT2D eigenvalue weighted by Crippen LogP contribution is 2.30. The van der Waals surface area contributed by atoms with E-state index >= 15 is 0 Å². The molecule has 26 heavy (non-hydrogen) atoms. The third-order valence-electron chi connectivity index (χ3n) is 4.05. The van der Waals surface area contributed by atoms with Gasteiger partial charge in [-0.3, -0.25) is 9.59 Å². The van der Waals surface area contributed by atoms with Crippen molar-refractivity contribution >= 4 is 35.1 Å². The highest BCUT2D eigenvalue weighted by Gasteiger charge is 2.22. The number of carboxylic acids is 1. The van der Waals surface area contributed by atoms with Crippen LogP contribution in [0.1, 0.15) is 32.6 Å². The van der Waals surface area contributed by atoms with Crippen LogP contribution in [0.5, 0.6) is 0 Å². The smallest absolute Gasteiger partial charge is 0.323 e. The number of rotatable bonds is 8. The molecular formula is C18H20Cl2N2O4. The zero-order valence-corrected chi connectivity index (χ0v) is 16.0. The molecular weight excluding hydrogens is 379 g/mol. The summed E-state index contributed by atoms with van der Waals surface area (Å²) in [6.07, 6.45) is 2.61. The van der Waals surface area contributed by atoms with Gasteiger partial charge in [-0.2, -0.15) is 0 Å². The quantitative estimate of drug-likeness (QED) is 0.716. The highest BCUT2D eigenvalue weighted by atomic mass is 35.5. The maximum Gasteiger partial charge on any atom is 0.323 e. The molecule has 1 unspecified atom stereocenters. The summed E-state index contributed by atoms with van der Waals surface area (Å²) < 4.78 is 5.66. The lowest BCUT2D eigenvalue weighted by atomic mass is 10.2. The van der Waals surface area contributed by atoms with Gasteiger partial charge >= 0.3 is 5.97 Å². The predicted octanol–water partition coefficient (Wildman–Crippen LogP) is 4.29. The lowest BCUT2D eigenvalue weighted by molar-refractivity contribution is -0.146. The first-order valence-electron chi connectivity index (χ1n) is 8.23. The summed E-state index contributed by atoms with van der Waals surface area (Å²) in [5.74, 6) is -0.405. The van der Waals surface area contributed by atoms with Crippen molar-refractivity contribution in [2.24, 2.45) is 0 Å². The Morgan fingerprint density at radius 2 is 2.08 bits per heavy atom. The average Bonchev–Trinajstić information content (AvgIpc) is 3.05. The van der Waals surface area contributed by atoms with Gasteiger partial charge in [0.25, 0.3) is 0 Å². The van der Waals surface area contributed by atoms with Crippen molar-refractivity contribution < 1.29 is 19.1 Å². The van der Waals surface area contributed by atoms with E-state index in [1.807, 2.05) is 13.8 Å². The third-order valence-corrected chi connectivity index (χ3v) is 4.60. The van der Waals surface area contributed by atoms with E-state index in [-0.39, 0.29) is 31.3 Å². The van der Waals surface area contributed by atoms with Crippen LogP contribution in [0.3, 0.4) is 0 Å². The number of amides is 1. The second-order valence-corrected chi connectivity index (χ2v) is 6.76. The van der Waals surface area contributed by atoms with Gasteiger partial charge in [0.15, 0.2) is 11.7 Å². The Morgan fingerprint density at radius 1 is 1.35 bits per heavy atom. The maximum absolute atomic E-state index is 12.4. The molecule has 0 radical (unpaired) electrons. The van der Waals surface area contributed by atoms with Crippen LogP contribution in [0.4, 0.5) is 0 Å². The van der Waals surface area contributed by atoms with Gasteiger partial charge in [-0.25, -0.2) is 4.98 Å². The Hall–Kier alpha value is -2.05. The van der Waals surface area contributed by atoms with E-state index in [9.17, 15) is 9.59 Å². The van der Waals surface area contributed by atoms with Crippen molar-refractivity contribution in [1.29, 1.82) is 0 Å². The number of oxazole rings is 1. The first kappa shape index (κ1) is 20.3. The molecule has 1 amide bonds. The number of hydrogen-bond donors (Lipinski definition) is 1. The van der Waals surface area contributed by atoms with Gasteiger partial charge in [-0.05, 0) is 31.5 Å². The molecule has 0 fully saturated rings. The number of carbonyl (C=O) groups is 2. The number of aromatic nitrogens is 1. The van der Waals surface area contributed by atoms with E-state index in [1.54, 1.807) is 24.4 Å². The molecule has 2 aromatic rings. The molecule has 140 valence electrons. The first-order valence-corrected chi connectivity index (χ1v) is 8.98. The topological polar surface area (TPSA) is 83.6 Å². The van der Waals surface area contributed by atoms with Crippen molar-refractivity contribution in [1.82, 2.24) is 9.88 Å². The Balaban J connectivity index is 2.04. The van der Waals surface area contributed by atoms with Gasteiger partial charge in [-0.15, -0.1) is 0 Å². The lowest BCUT2D eigenvalue weighted by Crippen LogP contribution is -2.41. The number of benzene rings is 1. The molecule has 6 nitrogen and oxygen atoms in total. The van der Waals surface area contributed by atoms with Crippen molar-refractivity contribution in [2.75, 3.05) is 6.54 Å². The lowest BCUT2D eigenvalue weighted by Gasteiger charge is -2.26. The van der Waals surface area contributed by atoms with Gasteiger partial charge in [0, 0.05) is 29.5 Å². The Kier molecular flexibility index (Phi) is 7.06. The van der Waals surface area contributed by atoms with Crippen molar-refractivity contribution in [3.05, 3.63) is 40.3 Å². The monoisotopic (exact) mass is 398 g/mol. The normalized spacial score (nSPS) is 12.0. The van der Waals surface area contributed by atoms with E-state index in [4.69, 9.17) is 32.7 Å². The van der Waals surface area contributed by atoms with Gasteiger partial charge in [0.05, 0.1) is 11.2 Å². The van der Waals surface area contributed by atoms with E-state index in [2.05, 4.69) is 4.98 Å². The van der Waals surface area contributed by atoms with E-state index in [0.29, 0.717) is 33.7 Å². The number of carboxylic acid groups (broad SMARTS) is 1. The number of aliphatic carboxylic acids is 1. The standard InChI is InChI=1S/C18H20Cl2N2O4/c1-3-11(2)22(10-18(24)25)17(23)7-6-16-21-9-15(26-16)13-5-4-12(19)8-14(13)20/h4-5,8-9,11H,3,6-7,10H2,1-2H3,(H,24,25). The molecule has 1 N–H and O–H groups in total. The summed E-state index contributed by atoms with van der Waals surface area (Å²) in [4.78, 5) is 28.9. The second kappa shape index (κ2) is 9.05. The molecule has 1 atom stereocenters. The minimum Gasteiger partial charge on any atom is -0.480 e. The van der Waals surface area contributed by atoms with Crippen LogP contribution in [0.25, 0.3) is 11.3 Å². The molecule has 0 spiro atoms. The maximum atomic E-state index is 12.4. The Morgan fingerprint density at radius 3 is 2.69 bits per heavy atom. The molecule has 0 saturated heterocycles. The second-order valence-electron chi connectivity index (χ2n) is 5.92. The molecule has 0 aliphatic rings. The van der Waals surface area contributed by atoms with Crippen LogP contribution in [0.15, 0.2) is 28.8 Å². The van der Waals surface area contributed by atoms with Gasteiger partial charge in [-0.1, -0.05) is 30.1 Å². The molecule has 8 heteroatoms. The number of carbonyl (C=O) groups excluding carboxylic acids is 1. The molecule has 0 bridgehead atoms. The van der Waals surface area contributed by atoms with Crippen molar-refractivity contribution in [3.63, 3.8) is 0 Å². The zero-order valence-electron chi connectivity index (χ0n) is 14.5. The molecule has 0 aliphatic heterocycles. The van der Waals surface area contributed by atoms with E-state index in [0.717, 1.165) is 0 Å². The number of halogens is 2. The fraction of sp³-hybridized carbons (Fsp3) is 0.389. The van der Waals surface area contributed by atoms with Crippen LogP contribution in [-0.2, 0) is 16.0 Å². The molecule has 0 aliphatic carbocycles. The molecule has 0 saturated carbocycles. The molecule has 1 aromatic heterocycles. The van der Waals surface area contributed by atoms with Crippen LogP contribution in [-0.4, -0.2) is 39.5 Å². The van der Waals surface area contributed by atoms with Gasteiger partial charge < -0.3 is 14.4 Å². The fourth-order valence-corrected chi connectivity index (χ4v) is 2.95. The predicted molar refractivity (Wildman–Crippen MR) is 99.4 cm³/mol. The third kappa shape index (κ3) is 5.22. The zero-order chi connectivity index (χ0) is 19.3. The number of aryl methyl sites for hydroxylation is 1. The van der Waals surface area contributed by atoms with E-state index in [1.165, 1.54) is 4.90 Å². The summed E-state index contributed by atoms with van der Waals surface area (Å²) in [5.41, 5.74) is 0.660. The summed E-state index contributed by atoms with van der Waals surface area (Å²) in [6, 6.07) is 4.90. The van der Waals surface area contributed by atoms with Crippen LogP contribution in [0.2, 0.25) is 10.0 Å². The molecule has 1 heterocycles. The van der Waals surface area contributed by atoms with Gasteiger partial charge in [0.1, 0.15) is 6.54 Å². The SMILES string of the molecule is CCC(C)N(CC(=O)O)C(=O)CCc1ncc(-c2ccc(Cl)cc2Cl)o1. The average molecular weight is 399 g/mol. The van der Waals surface area contributed by atoms with Crippen LogP contribution >= 0.6 is 23.2 Å². The summed E-state index contributed by atoms with van der Waals surface area (Å²) in [6.45, 7) is 3.42. The molecule has 1 aromatic carbocycles. The summed E-state index contributed by atoms with van der Waals surface area (Å²) >= 11 is 12.0. The fourth-order valence-electron chi connectivity index (χ4n) is 2.45. The van der Waals surface area contributed by atoms with Crippen molar-refractivity contribution in [3.8, 4) is 11.3 Å². The minimum absolute atomic E-state index is 0.117. The largest absolute Gasteiger partial charge is 0.480 e. The number of nitrogens with zero attached hydrogens (tertiary/aromatic N) is 2. The Bertz CT molecular complexity index is 791. The van der Waals surface area contributed by atoms with E-state index < -0.39 is 5.97 Å². The number of hydrogen-bond acceptors (Lipinski definition) is 4. The van der Waals surface area contributed by atoms with Crippen molar-refractivity contribution in [2.45, 2.75) is 39.2 Å². The van der Waals surface area contributed by atoms with Gasteiger partial charge in [0.2, 0.25) is 5.91 Å². The first-order chi connectivity index (χ1) is 12.3. The van der Waals surface area contributed by atoms with Crippen LogP contribution < -0.4 is 0 Å². The minimum atomic E-state index is -1.03. The highest BCUT2D eigenvalue weighted by molar-refractivity contribution is 6.36. The summed E-state index contributed by atoms with van der Waals surface area (Å²) in [7, 11) is 0. The molecule has 2 rings (SSSR count).